The van der Waals surface area contributed by atoms with E-state index in [-0.39, 0.29) is 17.2 Å². The maximum Gasteiger partial charge on any atom is 0.433 e. The molecule has 122 valence electrons. The SMILES string of the molecule is O=C1S/C(=C\c2ccc([N+](=O)[O-])o2)C(=O)N1Cc1ccc(Cl)cc1. The van der Waals surface area contributed by atoms with Gasteiger partial charge in [0.1, 0.15) is 10.7 Å². The Morgan fingerprint density at radius 2 is 1.92 bits per heavy atom. The third-order valence-electron chi connectivity index (χ3n) is 3.19. The van der Waals surface area contributed by atoms with Crippen LogP contribution in [0.4, 0.5) is 10.7 Å². The standard InChI is InChI=1S/C15H9ClN2O5S/c16-10-3-1-9(2-4-10)8-17-14(19)12(24-15(17)20)7-11-5-6-13(23-11)18(21)22/h1-7H,8H2/b12-7-. The average Bonchev–Trinajstić information content (AvgIpc) is 3.10. The minimum Gasteiger partial charge on any atom is -0.401 e. The monoisotopic (exact) mass is 364 g/mol. The molecule has 1 aromatic heterocycles. The van der Waals surface area contributed by atoms with E-state index in [0.717, 1.165) is 22.2 Å². The maximum atomic E-state index is 12.3. The fourth-order valence-electron chi connectivity index (χ4n) is 2.06. The summed E-state index contributed by atoms with van der Waals surface area (Å²) >= 11 is 6.56. The lowest BCUT2D eigenvalue weighted by molar-refractivity contribution is -0.402. The van der Waals surface area contributed by atoms with Gasteiger partial charge >= 0.3 is 5.88 Å². The molecule has 0 spiro atoms. The fraction of sp³-hybridized carbons (Fsp3) is 0.0667. The lowest BCUT2D eigenvalue weighted by atomic mass is 10.2. The molecule has 1 aliphatic heterocycles. The van der Waals surface area contributed by atoms with Crippen LogP contribution in [0.5, 0.6) is 0 Å². The number of imide groups is 1. The van der Waals surface area contributed by atoms with Crippen molar-refractivity contribution in [2.75, 3.05) is 0 Å². The van der Waals surface area contributed by atoms with E-state index in [1.807, 2.05) is 0 Å². The quantitative estimate of drug-likeness (QED) is 0.461. The predicted octanol–water partition coefficient (Wildman–Crippen LogP) is 4.08. The molecule has 0 atom stereocenters. The zero-order valence-electron chi connectivity index (χ0n) is 12.0. The number of carbonyl (C=O) groups is 2. The molecule has 2 amide bonds. The minimum atomic E-state index is -0.677. The molecule has 1 aromatic carbocycles. The molecule has 2 aromatic rings. The Labute approximate surface area is 145 Å². The number of halogens is 1. The van der Waals surface area contributed by atoms with E-state index in [9.17, 15) is 19.7 Å². The molecule has 0 saturated carbocycles. The van der Waals surface area contributed by atoms with Gasteiger partial charge in [-0.25, -0.2) is 0 Å². The van der Waals surface area contributed by atoms with Gasteiger partial charge in [0.25, 0.3) is 11.1 Å². The second-order valence-corrected chi connectivity index (χ2v) is 6.26. The zero-order chi connectivity index (χ0) is 17.3. The van der Waals surface area contributed by atoms with Gasteiger partial charge in [0, 0.05) is 11.1 Å². The van der Waals surface area contributed by atoms with Crippen LogP contribution in [0.3, 0.4) is 0 Å². The van der Waals surface area contributed by atoms with Crippen LogP contribution in [-0.4, -0.2) is 21.0 Å². The van der Waals surface area contributed by atoms with Crippen molar-refractivity contribution in [3.05, 3.63) is 67.8 Å². The van der Waals surface area contributed by atoms with Crippen LogP contribution in [-0.2, 0) is 11.3 Å². The average molecular weight is 365 g/mol. The summed E-state index contributed by atoms with van der Waals surface area (Å²) in [5, 5.41) is 10.7. The second kappa shape index (κ2) is 6.50. The van der Waals surface area contributed by atoms with E-state index >= 15 is 0 Å². The highest BCUT2D eigenvalue weighted by Gasteiger charge is 2.35. The Kier molecular flexibility index (Phi) is 4.41. The first-order valence-electron chi connectivity index (χ1n) is 6.68. The van der Waals surface area contributed by atoms with E-state index in [2.05, 4.69) is 0 Å². The third-order valence-corrected chi connectivity index (χ3v) is 4.35. The number of nitro groups is 1. The van der Waals surface area contributed by atoms with Gasteiger partial charge in [-0.05, 0) is 35.5 Å². The van der Waals surface area contributed by atoms with Gasteiger partial charge < -0.3 is 4.42 Å². The molecule has 0 N–H and O–H groups in total. The fourth-order valence-corrected chi connectivity index (χ4v) is 3.00. The number of furan rings is 1. The van der Waals surface area contributed by atoms with E-state index in [4.69, 9.17) is 16.0 Å². The van der Waals surface area contributed by atoms with Crippen LogP contribution < -0.4 is 0 Å². The smallest absolute Gasteiger partial charge is 0.401 e. The number of thioether (sulfide) groups is 1. The first-order valence-corrected chi connectivity index (χ1v) is 7.87. The molecule has 1 aliphatic rings. The van der Waals surface area contributed by atoms with Crippen LogP contribution in [0, 0.1) is 10.1 Å². The summed E-state index contributed by atoms with van der Waals surface area (Å²) in [6.07, 6.45) is 1.32. The summed E-state index contributed by atoms with van der Waals surface area (Å²) in [6, 6.07) is 9.35. The molecule has 1 saturated heterocycles. The van der Waals surface area contributed by atoms with Crippen molar-refractivity contribution in [1.29, 1.82) is 0 Å². The Morgan fingerprint density at radius 3 is 2.54 bits per heavy atom. The van der Waals surface area contributed by atoms with Gasteiger partial charge in [-0.1, -0.05) is 23.7 Å². The summed E-state index contributed by atoms with van der Waals surface area (Å²) in [6.45, 7) is 0.122. The van der Waals surface area contributed by atoms with E-state index < -0.39 is 22.0 Å². The van der Waals surface area contributed by atoms with Crippen molar-refractivity contribution in [2.45, 2.75) is 6.54 Å². The van der Waals surface area contributed by atoms with Crippen LogP contribution in [0.2, 0.25) is 5.02 Å². The van der Waals surface area contributed by atoms with Crippen molar-refractivity contribution in [2.24, 2.45) is 0 Å². The number of hydrogen-bond acceptors (Lipinski definition) is 6. The van der Waals surface area contributed by atoms with Crippen molar-refractivity contribution >= 4 is 46.5 Å². The highest BCUT2D eigenvalue weighted by Crippen LogP contribution is 2.34. The largest absolute Gasteiger partial charge is 0.433 e. The number of nitrogens with zero attached hydrogens (tertiary/aromatic N) is 2. The molecule has 9 heteroatoms. The first-order chi connectivity index (χ1) is 11.4. The lowest BCUT2D eigenvalue weighted by Gasteiger charge is -2.12. The van der Waals surface area contributed by atoms with Crippen molar-refractivity contribution in [3.8, 4) is 0 Å². The van der Waals surface area contributed by atoms with Gasteiger partial charge in [0.05, 0.1) is 17.5 Å². The van der Waals surface area contributed by atoms with Gasteiger partial charge in [-0.15, -0.1) is 0 Å². The molecule has 0 aliphatic carbocycles. The molecule has 7 nitrogen and oxygen atoms in total. The Bertz CT molecular complexity index is 859. The van der Waals surface area contributed by atoms with Gasteiger partial charge in [0.15, 0.2) is 0 Å². The molecular weight excluding hydrogens is 356 g/mol. The molecule has 2 heterocycles. The Morgan fingerprint density at radius 1 is 1.21 bits per heavy atom. The summed E-state index contributed by atoms with van der Waals surface area (Å²) in [5.41, 5.74) is 0.761. The summed E-state index contributed by atoms with van der Waals surface area (Å²) in [5.74, 6) is -0.765. The molecule has 3 rings (SSSR count). The van der Waals surface area contributed by atoms with Gasteiger partial charge in [-0.2, -0.15) is 0 Å². The van der Waals surface area contributed by atoms with E-state index in [1.165, 1.54) is 18.2 Å². The Hall–Kier alpha value is -2.58. The number of hydrogen-bond donors (Lipinski definition) is 0. The van der Waals surface area contributed by atoms with Crippen LogP contribution in [0.1, 0.15) is 11.3 Å². The highest BCUT2D eigenvalue weighted by molar-refractivity contribution is 8.18. The highest BCUT2D eigenvalue weighted by atomic mass is 35.5. The Balaban J connectivity index is 1.79. The normalized spacial score (nSPS) is 16.2. The van der Waals surface area contributed by atoms with Crippen LogP contribution in [0.25, 0.3) is 6.08 Å². The predicted molar refractivity (Wildman–Crippen MR) is 88.3 cm³/mol. The summed E-state index contributed by atoms with van der Waals surface area (Å²) < 4.78 is 4.97. The molecular formula is C15H9ClN2O5S. The number of carbonyl (C=O) groups excluding carboxylic acids is 2. The number of benzene rings is 1. The van der Waals surface area contributed by atoms with Gasteiger partial charge in [0.2, 0.25) is 0 Å². The van der Waals surface area contributed by atoms with Crippen molar-refractivity contribution in [3.63, 3.8) is 0 Å². The molecule has 24 heavy (non-hydrogen) atoms. The van der Waals surface area contributed by atoms with E-state index in [0.29, 0.717) is 5.02 Å². The summed E-state index contributed by atoms with van der Waals surface area (Å²) in [4.78, 5) is 35.5. The van der Waals surface area contributed by atoms with Crippen molar-refractivity contribution < 1.29 is 18.9 Å². The minimum absolute atomic E-state index is 0.122. The molecule has 1 fully saturated rings. The van der Waals surface area contributed by atoms with Crippen molar-refractivity contribution in [1.82, 2.24) is 4.90 Å². The van der Waals surface area contributed by atoms with E-state index in [1.54, 1.807) is 24.3 Å². The van der Waals surface area contributed by atoms with Crippen LogP contribution >= 0.6 is 23.4 Å². The third kappa shape index (κ3) is 3.34. The second-order valence-electron chi connectivity index (χ2n) is 4.83. The van der Waals surface area contributed by atoms with Gasteiger partial charge in [-0.3, -0.25) is 24.6 Å². The first kappa shape index (κ1) is 16.3. The summed E-state index contributed by atoms with van der Waals surface area (Å²) in [7, 11) is 0. The molecule has 0 radical (unpaired) electrons. The lowest BCUT2D eigenvalue weighted by Crippen LogP contribution is -2.27. The molecule has 0 unspecified atom stereocenters. The maximum absolute atomic E-state index is 12.3. The number of rotatable bonds is 4. The molecule has 0 bridgehead atoms. The van der Waals surface area contributed by atoms with Crippen LogP contribution in [0.15, 0.2) is 45.7 Å². The topological polar surface area (TPSA) is 93.7 Å². The number of amides is 2. The zero-order valence-corrected chi connectivity index (χ0v) is 13.5.